The fourth-order valence-corrected chi connectivity index (χ4v) is 2.98. The molecule has 0 aliphatic carbocycles. The van der Waals surface area contributed by atoms with E-state index in [1.165, 1.54) is 0 Å². The smallest absolute Gasteiger partial charge is 0.274 e. The molecule has 1 atom stereocenters. The van der Waals surface area contributed by atoms with Crippen LogP contribution >= 0.6 is 0 Å². The van der Waals surface area contributed by atoms with Crippen LogP contribution in [-0.4, -0.2) is 47.3 Å². The van der Waals surface area contributed by atoms with E-state index in [9.17, 15) is 4.79 Å². The number of aryl methyl sites for hydroxylation is 2. The minimum atomic E-state index is -0.0605. The summed E-state index contributed by atoms with van der Waals surface area (Å²) in [5.74, 6) is 0.766. The highest BCUT2D eigenvalue weighted by atomic mass is 16.5. The van der Waals surface area contributed by atoms with Crippen LogP contribution < -0.4 is 10.1 Å². The van der Waals surface area contributed by atoms with Crippen LogP contribution in [0.2, 0.25) is 0 Å². The van der Waals surface area contributed by atoms with Crippen molar-refractivity contribution in [1.29, 1.82) is 0 Å². The third-order valence-corrected chi connectivity index (χ3v) is 4.34. The molecule has 0 bridgehead atoms. The fraction of sp³-hybridized carbons (Fsp3) is 0.412. The number of nitrogens with one attached hydrogen (secondary N) is 1. The predicted octanol–water partition coefficient (Wildman–Crippen LogP) is 1.52. The Hall–Kier alpha value is -2.34. The van der Waals surface area contributed by atoms with E-state index in [4.69, 9.17) is 4.74 Å². The average Bonchev–Trinajstić information content (AvgIpc) is 2.93. The number of aromatic nitrogens is 2. The van der Waals surface area contributed by atoms with Crippen molar-refractivity contribution in [2.75, 3.05) is 26.7 Å². The number of amides is 1. The molecule has 1 aliphatic rings. The molecule has 6 nitrogen and oxygen atoms in total. The predicted molar refractivity (Wildman–Crippen MR) is 87.6 cm³/mol. The minimum Gasteiger partial charge on any atom is -0.496 e. The largest absolute Gasteiger partial charge is 0.496 e. The Morgan fingerprint density at radius 2 is 2.17 bits per heavy atom. The van der Waals surface area contributed by atoms with Gasteiger partial charge in [-0.25, -0.2) is 0 Å². The summed E-state index contributed by atoms with van der Waals surface area (Å²) < 4.78 is 7.20. The lowest BCUT2D eigenvalue weighted by Gasteiger charge is -2.36. The SMILES string of the molecule is COc1ccccc1C1CNCCN1C(=O)c1cc(C)n(C)n1. The Balaban J connectivity index is 1.94. The first kappa shape index (κ1) is 15.6. The quantitative estimate of drug-likeness (QED) is 0.933. The molecule has 0 saturated carbocycles. The summed E-state index contributed by atoms with van der Waals surface area (Å²) in [6.45, 7) is 4.08. The van der Waals surface area contributed by atoms with Gasteiger partial charge in [-0.05, 0) is 19.1 Å². The van der Waals surface area contributed by atoms with Crippen LogP contribution in [0.1, 0.15) is 27.8 Å². The van der Waals surface area contributed by atoms with Gasteiger partial charge in [-0.2, -0.15) is 5.10 Å². The lowest BCUT2D eigenvalue weighted by atomic mass is 10.0. The van der Waals surface area contributed by atoms with Crippen LogP contribution in [0.4, 0.5) is 0 Å². The molecule has 0 spiro atoms. The van der Waals surface area contributed by atoms with Gasteiger partial charge in [0.1, 0.15) is 5.75 Å². The van der Waals surface area contributed by atoms with Crippen molar-refractivity contribution < 1.29 is 9.53 Å². The zero-order valence-electron chi connectivity index (χ0n) is 13.7. The number of hydrogen-bond acceptors (Lipinski definition) is 4. The van der Waals surface area contributed by atoms with Gasteiger partial charge in [0.2, 0.25) is 0 Å². The average molecular weight is 314 g/mol. The molecule has 1 aromatic carbocycles. The Morgan fingerprint density at radius 1 is 1.39 bits per heavy atom. The first-order valence-electron chi connectivity index (χ1n) is 7.77. The molecule has 1 saturated heterocycles. The van der Waals surface area contributed by atoms with Crippen LogP contribution in [-0.2, 0) is 7.05 Å². The molecular weight excluding hydrogens is 292 g/mol. The van der Waals surface area contributed by atoms with Crippen LogP contribution in [0, 0.1) is 6.92 Å². The number of hydrogen-bond donors (Lipinski definition) is 1. The summed E-state index contributed by atoms with van der Waals surface area (Å²) >= 11 is 0. The van der Waals surface area contributed by atoms with Gasteiger partial charge in [0, 0.05) is 37.9 Å². The molecule has 1 aliphatic heterocycles. The van der Waals surface area contributed by atoms with Crippen molar-refractivity contribution in [3.8, 4) is 5.75 Å². The molecule has 1 amide bonds. The van der Waals surface area contributed by atoms with E-state index in [-0.39, 0.29) is 11.9 Å². The molecule has 1 fully saturated rings. The minimum absolute atomic E-state index is 0.0360. The van der Waals surface area contributed by atoms with E-state index in [0.717, 1.165) is 23.6 Å². The van der Waals surface area contributed by atoms with Gasteiger partial charge >= 0.3 is 0 Å². The number of benzene rings is 1. The van der Waals surface area contributed by atoms with Crippen LogP contribution in [0.5, 0.6) is 5.75 Å². The number of ether oxygens (including phenoxy) is 1. The standard InChI is InChI=1S/C17H22N4O2/c1-12-10-14(19-20(12)2)17(22)21-9-8-18-11-15(21)13-6-4-5-7-16(13)23-3/h4-7,10,15,18H,8-9,11H2,1-3H3. The lowest BCUT2D eigenvalue weighted by Crippen LogP contribution is -2.48. The molecule has 3 rings (SSSR count). The highest BCUT2D eigenvalue weighted by Crippen LogP contribution is 2.31. The Bertz CT molecular complexity index is 691. The number of rotatable bonds is 3. The monoisotopic (exact) mass is 314 g/mol. The summed E-state index contributed by atoms with van der Waals surface area (Å²) in [6, 6.07) is 9.63. The van der Waals surface area contributed by atoms with Gasteiger partial charge in [0.25, 0.3) is 5.91 Å². The van der Waals surface area contributed by atoms with Crippen molar-refractivity contribution in [3.05, 3.63) is 47.3 Å². The van der Waals surface area contributed by atoms with E-state index in [2.05, 4.69) is 10.4 Å². The number of piperazine rings is 1. The number of carbonyl (C=O) groups is 1. The Morgan fingerprint density at radius 3 is 2.87 bits per heavy atom. The van der Waals surface area contributed by atoms with Gasteiger partial charge < -0.3 is 15.0 Å². The second-order valence-corrected chi connectivity index (χ2v) is 5.75. The first-order valence-corrected chi connectivity index (χ1v) is 7.77. The molecule has 1 N–H and O–H groups in total. The van der Waals surface area contributed by atoms with Crippen LogP contribution in [0.25, 0.3) is 0 Å². The fourth-order valence-electron chi connectivity index (χ4n) is 2.98. The zero-order chi connectivity index (χ0) is 16.4. The molecule has 6 heteroatoms. The highest BCUT2D eigenvalue weighted by Gasteiger charge is 2.31. The third kappa shape index (κ3) is 2.94. The summed E-state index contributed by atoms with van der Waals surface area (Å²) in [6.07, 6.45) is 0. The van der Waals surface area contributed by atoms with Gasteiger partial charge in [0.15, 0.2) is 5.69 Å². The van der Waals surface area contributed by atoms with Crippen LogP contribution in [0.3, 0.4) is 0 Å². The molecular formula is C17H22N4O2. The van der Waals surface area contributed by atoms with Crippen molar-refractivity contribution in [3.63, 3.8) is 0 Å². The highest BCUT2D eigenvalue weighted by molar-refractivity contribution is 5.93. The van der Waals surface area contributed by atoms with Gasteiger partial charge in [-0.1, -0.05) is 18.2 Å². The molecule has 1 unspecified atom stereocenters. The first-order chi connectivity index (χ1) is 11.1. The summed E-state index contributed by atoms with van der Waals surface area (Å²) in [4.78, 5) is 14.8. The molecule has 122 valence electrons. The number of para-hydroxylation sites is 1. The lowest BCUT2D eigenvalue weighted by molar-refractivity contribution is 0.0624. The van der Waals surface area contributed by atoms with E-state index < -0.39 is 0 Å². The zero-order valence-corrected chi connectivity index (χ0v) is 13.7. The van der Waals surface area contributed by atoms with E-state index in [0.29, 0.717) is 18.8 Å². The van der Waals surface area contributed by atoms with Gasteiger partial charge in [0.05, 0.1) is 13.2 Å². The topological polar surface area (TPSA) is 59.4 Å². The maximum atomic E-state index is 12.9. The normalized spacial score (nSPS) is 18.0. The summed E-state index contributed by atoms with van der Waals surface area (Å²) in [7, 11) is 3.50. The molecule has 0 radical (unpaired) electrons. The van der Waals surface area contributed by atoms with Crippen LogP contribution in [0.15, 0.2) is 30.3 Å². The number of methoxy groups -OCH3 is 1. The molecule has 23 heavy (non-hydrogen) atoms. The van der Waals surface area contributed by atoms with E-state index in [1.807, 2.05) is 49.2 Å². The van der Waals surface area contributed by atoms with Gasteiger partial charge in [-0.3, -0.25) is 9.48 Å². The molecule has 2 aromatic rings. The van der Waals surface area contributed by atoms with Crippen molar-refractivity contribution >= 4 is 5.91 Å². The number of carbonyl (C=O) groups excluding carboxylic acids is 1. The number of nitrogens with zero attached hydrogens (tertiary/aromatic N) is 3. The van der Waals surface area contributed by atoms with Crippen molar-refractivity contribution in [2.24, 2.45) is 7.05 Å². The Kier molecular flexibility index (Phi) is 4.34. The second kappa shape index (κ2) is 6.42. The second-order valence-electron chi connectivity index (χ2n) is 5.75. The summed E-state index contributed by atoms with van der Waals surface area (Å²) in [5, 5.41) is 7.69. The molecule has 1 aromatic heterocycles. The maximum absolute atomic E-state index is 12.9. The van der Waals surface area contributed by atoms with E-state index >= 15 is 0 Å². The van der Waals surface area contributed by atoms with Crippen molar-refractivity contribution in [2.45, 2.75) is 13.0 Å². The molecule has 2 heterocycles. The van der Waals surface area contributed by atoms with Gasteiger partial charge in [-0.15, -0.1) is 0 Å². The van der Waals surface area contributed by atoms with Crippen molar-refractivity contribution in [1.82, 2.24) is 20.0 Å². The third-order valence-electron chi connectivity index (χ3n) is 4.34. The Labute approximate surface area is 136 Å². The summed E-state index contributed by atoms with van der Waals surface area (Å²) in [5.41, 5.74) is 2.48. The van der Waals surface area contributed by atoms with E-state index in [1.54, 1.807) is 11.8 Å². The maximum Gasteiger partial charge on any atom is 0.274 e.